The van der Waals surface area contributed by atoms with Crippen molar-refractivity contribution >= 4 is 17.7 Å². The van der Waals surface area contributed by atoms with E-state index < -0.39 is 48.9 Å². The molecule has 2 fully saturated rings. The van der Waals surface area contributed by atoms with Crippen LogP contribution in [0.1, 0.15) is 18.0 Å². The Balaban J connectivity index is 1.99. The van der Waals surface area contributed by atoms with Crippen molar-refractivity contribution in [2.24, 2.45) is 0 Å². The Bertz CT molecular complexity index is 657. The number of carbonyl (C=O) groups is 1. The second-order valence-electron chi connectivity index (χ2n) is 6.30. The van der Waals surface area contributed by atoms with E-state index in [1.165, 1.54) is 11.9 Å². The summed E-state index contributed by atoms with van der Waals surface area (Å²) in [7, 11) is 1.52. The Kier molecular flexibility index (Phi) is 4.93. The number of nitrogens with zero attached hydrogens (tertiary/aromatic N) is 1. The largest absolute Gasteiger partial charge is 0.414 e. The van der Waals surface area contributed by atoms with Gasteiger partial charge in [0.05, 0.1) is 12.6 Å². The first kappa shape index (κ1) is 18.4. The van der Waals surface area contributed by atoms with Crippen LogP contribution < -0.4 is 0 Å². The summed E-state index contributed by atoms with van der Waals surface area (Å²) in [4.78, 5) is 13.7. The summed E-state index contributed by atoms with van der Waals surface area (Å²) in [5.74, 6) is -1.90. The Labute approximate surface area is 149 Å². The number of amides is 1. The van der Waals surface area contributed by atoms with E-state index >= 15 is 0 Å². The quantitative estimate of drug-likeness (QED) is 0.577. The molecule has 2 saturated heterocycles. The molecule has 9 heteroatoms. The molecule has 4 N–H and O–H groups in total. The molecular weight excluding hydrogens is 354 g/mol. The number of hydrogen-bond donors (Lipinski definition) is 4. The number of ether oxygens (including phenoxy) is 2. The lowest BCUT2D eigenvalue weighted by Gasteiger charge is -2.52. The molecule has 3 rings (SSSR count). The minimum atomic E-state index is -1.90. The number of halogens is 1. The minimum Gasteiger partial charge on any atom is -0.414 e. The van der Waals surface area contributed by atoms with Crippen molar-refractivity contribution in [3.8, 4) is 0 Å². The number of benzene rings is 1. The van der Waals surface area contributed by atoms with E-state index in [1.807, 2.05) is 0 Å². The Morgan fingerprint density at radius 2 is 1.96 bits per heavy atom. The fourth-order valence-corrected chi connectivity index (χ4v) is 3.58. The maximum Gasteiger partial charge on any atom is 0.412 e. The molecule has 1 aromatic carbocycles. The summed E-state index contributed by atoms with van der Waals surface area (Å²) in [5.41, 5.74) is 0.625. The molecule has 0 unspecified atom stereocenters. The third-order valence-electron chi connectivity index (χ3n) is 4.79. The number of hydrogen-bond acceptors (Lipinski definition) is 7. The van der Waals surface area contributed by atoms with E-state index in [4.69, 9.17) is 21.1 Å². The molecule has 2 aliphatic rings. The van der Waals surface area contributed by atoms with Crippen molar-refractivity contribution < 1.29 is 34.7 Å². The average molecular weight is 374 g/mol. The second-order valence-corrected chi connectivity index (χ2v) is 6.70. The van der Waals surface area contributed by atoms with E-state index in [9.17, 15) is 25.2 Å². The van der Waals surface area contributed by atoms with E-state index in [2.05, 4.69) is 0 Å². The van der Waals surface area contributed by atoms with Crippen LogP contribution in [-0.4, -0.2) is 75.3 Å². The molecular formula is C16H20ClNO7. The lowest BCUT2D eigenvalue weighted by Crippen LogP contribution is -2.69. The second kappa shape index (κ2) is 6.71. The van der Waals surface area contributed by atoms with E-state index in [0.29, 0.717) is 10.6 Å². The minimum absolute atomic E-state index is 0.0412. The maximum absolute atomic E-state index is 12.4. The number of aliphatic hydroxyl groups excluding tert-OH is 4. The summed E-state index contributed by atoms with van der Waals surface area (Å²) in [6.45, 7) is -0.614. The highest BCUT2D eigenvalue weighted by Crippen LogP contribution is 2.44. The first-order valence-corrected chi connectivity index (χ1v) is 8.21. The lowest BCUT2D eigenvalue weighted by molar-refractivity contribution is -0.360. The maximum atomic E-state index is 12.4. The zero-order valence-corrected chi connectivity index (χ0v) is 14.2. The summed E-state index contributed by atoms with van der Waals surface area (Å²) >= 11 is 6.23. The highest BCUT2D eigenvalue weighted by Gasteiger charge is 2.60. The molecule has 0 bridgehead atoms. The van der Waals surface area contributed by atoms with Gasteiger partial charge < -0.3 is 34.8 Å². The zero-order valence-electron chi connectivity index (χ0n) is 13.4. The van der Waals surface area contributed by atoms with Crippen LogP contribution in [0.4, 0.5) is 4.79 Å². The van der Waals surface area contributed by atoms with Crippen molar-refractivity contribution in [1.82, 2.24) is 4.90 Å². The molecule has 6 atom stereocenters. The van der Waals surface area contributed by atoms with E-state index in [0.717, 1.165) is 0 Å². The van der Waals surface area contributed by atoms with Gasteiger partial charge in [0.15, 0.2) is 0 Å². The van der Waals surface area contributed by atoms with Crippen molar-refractivity contribution in [3.63, 3.8) is 0 Å². The van der Waals surface area contributed by atoms with Gasteiger partial charge in [-0.1, -0.05) is 29.8 Å². The van der Waals surface area contributed by atoms with Crippen LogP contribution in [0.5, 0.6) is 0 Å². The van der Waals surface area contributed by atoms with Gasteiger partial charge >= 0.3 is 6.09 Å². The van der Waals surface area contributed by atoms with Gasteiger partial charge in [-0.05, 0) is 11.6 Å². The van der Waals surface area contributed by atoms with Crippen molar-refractivity contribution in [2.45, 2.75) is 42.7 Å². The Morgan fingerprint density at radius 3 is 2.60 bits per heavy atom. The number of rotatable bonds is 2. The van der Waals surface area contributed by atoms with Crippen molar-refractivity contribution in [2.75, 3.05) is 13.7 Å². The zero-order chi connectivity index (χ0) is 18.4. The Morgan fingerprint density at radius 1 is 1.28 bits per heavy atom. The Hall–Kier alpha value is -1.42. The predicted molar refractivity (Wildman–Crippen MR) is 85.8 cm³/mol. The number of aliphatic hydroxyl groups is 4. The SMILES string of the molecule is CN1C(=O)O[C@]2(C[C@H]1c1ccccc1Cl)O[C@H](CO)[C@@H](O)[C@H](O)[C@H]2O. The monoisotopic (exact) mass is 373 g/mol. The van der Waals surface area contributed by atoms with Gasteiger partial charge in [-0.3, -0.25) is 0 Å². The fraction of sp³-hybridized carbons (Fsp3) is 0.562. The molecule has 25 heavy (non-hydrogen) atoms. The van der Waals surface area contributed by atoms with Crippen LogP contribution in [0.3, 0.4) is 0 Å². The molecule has 2 aliphatic heterocycles. The third-order valence-corrected chi connectivity index (χ3v) is 5.14. The molecule has 1 spiro atoms. The molecule has 2 heterocycles. The standard InChI is InChI=1S/C16H20ClNO7/c1-18-10(8-4-2-3-5-9(8)17)6-16(25-15(18)23)14(22)13(21)12(20)11(7-19)24-16/h2-5,10-14,19-22H,6-7H2,1H3/t10-,11+,12+,13-,14+,16-/m0/s1. The molecule has 0 aliphatic carbocycles. The van der Waals surface area contributed by atoms with Gasteiger partial charge in [0.2, 0.25) is 5.79 Å². The molecule has 1 amide bonds. The van der Waals surface area contributed by atoms with Crippen molar-refractivity contribution in [1.29, 1.82) is 0 Å². The molecule has 0 aromatic heterocycles. The van der Waals surface area contributed by atoms with Gasteiger partial charge in [0.25, 0.3) is 0 Å². The molecule has 8 nitrogen and oxygen atoms in total. The summed E-state index contributed by atoms with van der Waals surface area (Å²) < 4.78 is 10.8. The van der Waals surface area contributed by atoms with Gasteiger partial charge in [0, 0.05) is 18.5 Å². The van der Waals surface area contributed by atoms with E-state index in [1.54, 1.807) is 24.3 Å². The molecule has 0 saturated carbocycles. The summed E-state index contributed by atoms with van der Waals surface area (Å²) in [6, 6.07) is 6.32. The first-order chi connectivity index (χ1) is 11.8. The molecule has 0 radical (unpaired) electrons. The lowest BCUT2D eigenvalue weighted by atomic mass is 9.85. The molecule has 1 aromatic rings. The topological polar surface area (TPSA) is 120 Å². The van der Waals surface area contributed by atoms with Crippen molar-refractivity contribution in [3.05, 3.63) is 34.9 Å². The highest BCUT2D eigenvalue weighted by molar-refractivity contribution is 6.31. The summed E-state index contributed by atoms with van der Waals surface area (Å²) in [5, 5.41) is 40.2. The molecule has 138 valence electrons. The highest BCUT2D eigenvalue weighted by atomic mass is 35.5. The van der Waals surface area contributed by atoms with E-state index in [-0.39, 0.29) is 6.42 Å². The van der Waals surface area contributed by atoms with Crippen LogP contribution in [0.25, 0.3) is 0 Å². The van der Waals surface area contributed by atoms with Gasteiger partial charge in [-0.25, -0.2) is 4.79 Å². The fourth-order valence-electron chi connectivity index (χ4n) is 3.32. The van der Waals surface area contributed by atoms with Crippen LogP contribution in [0.15, 0.2) is 24.3 Å². The van der Waals surface area contributed by atoms with Crippen LogP contribution in [0.2, 0.25) is 5.02 Å². The third kappa shape index (κ3) is 2.99. The van der Waals surface area contributed by atoms with Gasteiger partial charge in [0.1, 0.15) is 24.4 Å². The van der Waals surface area contributed by atoms with Gasteiger partial charge in [-0.2, -0.15) is 0 Å². The van der Waals surface area contributed by atoms with Crippen LogP contribution >= 0.6 is 11.6 Å². The number of carbonyl (C=O) groups excluding carboxylic acids is 1. The van der Waals surface area contributed by atoms with Crippen LogP contribution in [-0.2, 0) is 9.47 Å². The predicted octanol–water partition coefficient (Wildman–Crippen LogP) is 0.0233. The normalized spacial score (nSPS) is 38.7. The average Bonchev–Trinajstić information content (AvgIpc) is 2.60. The van der Waals surface area contributed by atoms with Gasteiger partial charge in [-0.15, -0.1) is 0 Å². The van der Waals surface area contributed by atoms with Crippen LogP contribution in [0, 0.1) is 0 Å². The smallest absolute Gasteiger partial charge is 0.412 e. The summed E-state index contributed by atoms with van der Waals surface area (Å²) in [6.07, 6.45) is -6.87. The first-order valence-electron chi connectivity index (χ1n) is 7.84.